The highest BCUT2D eigenvalue weighted by Gasteiger charge is 2.25. The number of aliphatic hydroxyl groups is 1. The molecular weight excluding hydrogens is 246 g/mol. The number of para-hydroxylation sites is 1. The predicted octanol–water partition coefficient (Wildman–Crippen LogP) is 3.77. The van der Waals surface area contributed by atoms with Crippen LogP contribution in [-0.4, -0.2) is 24.3 Å². The minimum absolute atomic E-state index is 0.151. The molecule has 20 heavy (non-hydrogen) atoms. The fraction of sp³-hybridized carbons (Fsp3) is 0.667. The number of aryl methyl sites for hydroxylation is 1. The third-order valence-electron chi connectivity index (χ3n) is 5.06. The zero-order valence-corrected chi connectivity index (χ0v) is 12.4. The van der Waals surface area contributed by atoms with Gasteiger partial charge in [0.25, 0.3) is 0 Å². The molecule has 1 atom stereocenters. The normalized spacial score (nSPS) is 22.1. The summed E-state index contributed by atoms with van der Waals surface area (Å²) in [7, 11) is 0. The van der Waals surface area contributed by atoms with Gasteiger partial charge < -0.3 is 10.0 Å². The van der Waals surface area contributed by atoms with E-state index in [2.05, 4.69) is 29.2 Å². The molecular formula is C18H27NO. The van der Waals surface area contributed by atoms with Crippen molar-refractivity contribution in [2.24, 2.45) is 5.92 Å². The van der Waals surface area contributed by atoms with Crippen LogP contribution in [0, 0.1) is 5.92 Å². The third kappa shape index (κ3) is 3.17. The number of hydrogen-bond acceptors (Lipinski definition) is 2. The fourth-order valence-corrected chi connectivity index (χ4v) is 3.85. The van der Waals surface area contributed by atoms with E-state index in [0.29, 0.717) is 5.92 Å². The van der Waals surface area contributed by atoms with Crippen molar-refractivity contribution in [1.29, 1.82) is 0 Å². The zero-order chi connectivity index (χ0) is 13.8. The number of nitrogens with zero attached hydrogens (tertiary/aromatic N) is 1. The van der Waals surface area contributed by atoms with Gasteiger partial charge in [0.1, 0.15) is 0 Å². The Balaban J connectivity index is 1.69. The molecule has 0 spiro atoms. The van der Waals surface area contributed by atoms with Crippen molar-refractivity contribution in [1.82, 2.24) is 0 Å². The smallest absolute Gasteiger partial charge is 0.0743 e. The lowest BCUT2D eigenvalue weighted by Crippen LogP contribution is -2.38. The number of fused-ring (bicyclic) bond motifs is 1. The molecule has 2 nitrogen and oxygen atoms in total. The van der Waals surface area contributed by atoms with Crippen molar-refractivity contribution in [2.75, 3.05) is 18.0 Å². The number of aliphatic hydroxyl groups excluding tert-OH is 1. The van der Waals surface area contributed by atoms with Gasteiger partial charge in [-0.2, -0.15) is 0 Å². The van der Waals surface area contributed by atoms with Crippen molar-refractivity contribution >= 4 is 5.69 Å². The van der Waals surface area contributed by atoms with Gasteiger partial charge in [-0.05, 0) is 49.7 Å². The van der Waals surface area contributed by atoms with Crippen LogP contribution in [0.15, 0.2) is 24.3 Å². The van der Waals surface area contributed by atoms with Gasteiger partial charge in [0.15, 0.2) is 0 Å². The molecule has 1 aliphatic carbocycles. The Morgan fingerprint density at radius 1 is 1.05 bits per heavy atom. The van der Waals surface area contributed by atoms with Crippen LogP contribution in [0.3, 0.4) is 0 Å². The van der Waals surface area contributed by atoms with E-state index in [1.807, 2.05) is 0 Å². The molecule has 1 heterocycles. The molecule has 0 amide bonds. The number of β-amino-alcohol motifs (C(OH)–C–C–N with tert-alkyl or cyclic N) is 1. The highest BCUT2D eigenvalue weighted by Crippen LogP contribution is 2.30. The summed E-state index contributed by atoms with van der Waals surface area (Å²) in [6.45, 7) is 1.92. The topological polar surface area (TPSA) is 23.5 Å². The molecule has 2 aliphatic rings. The number of anilines is 1. The molecule has 1 aromatic rings. The second-order valence-corrected chi connectivity index (χ2v) is 6.50. The Morgan fingerprint density at radius 2 is 1.85 bits per heavy atom. The van der Waals surface area contributed by atoms with Gasteiger partial charge in [-0.25, -0.2) is 0 Å². The lowest BCUT2D eigenvalue weighted by atomic mass is 9.85. The molecule has 1 aromatic carbocycles. The summed E-state index contributed by atoms with van der Waals surface area (Å²) in [6.07, 6.45) is 9.95. The van der Waals surface area contributed by atoms with Crippen molar-refractivity contribution in [3.05, 3.63) is 29.8 Å². The first-order valence-corrected chi connectivity index (χ1v) is 8.35. The van der Waals surface area contributed by atoms with Crippen molar-refractivity contribution in [3.8, 4) is 0 Å². The van der Waals surface area contributed by atoms with Crippen LogP contribution in [0.2, 0.25) is 0 Å². The molecule has 1 fully saturated rings. The quantitative estimate of drug-likeness (QED) is 0.906. The van der Waals surface area contributed by atoms with Gasteiger partial charge in [0, 0.05) is 18.8 Å². The summed E-state index contributed by atoms with van der Waals surface area (Å²) in [5.74, 6) is 0.527. The van der Waals surface area contributed by atoms with E-state index in [4.69, 9.17) is 0 Å². The van der Waals surface area contributed by atoms with Crippen molar-refractivity contribution in [2.45, 2.75) is 57.5 Å². The van der Waals surface area contributed by atoms with E-state index in [1.165, 1.54) is 62.6 Å². The molecule has 1 saturated carbocycles. The van der Waals surface area contributed by atoms with Crippen LogP contribution < -0.4 is 4.90 Å². The van der Waals surface area contributed by atoms with E-state index in [-0.39, 0.29) is 6.10 Å². The van der Waals surface area contributed by atoms with Gasteiger partial charge in [-0.1, -0.05) is 37.5 Å². The standard InChI is InChI=1S/C18H27NO/c20-18(16-10-2-1-3-11-16)14-19-13-7-6-9-15-8-4-5-12-17(15)19/h4-5,8,12,16,18,20H,1-3,6-7,9-11,13-14H2. The van der Waals surface area contributed by atoms with Gasteiger partial charge in [-0.15, -0.1) is 0 Å². The summed E-state index contributed by atoms with van der Waals surface area (Å²) < 4.78 is 0. The van der Waals surface area contributed by atoms with Gasteiger partial charge in [-0.3, -0.25) is 0 Å². The fourth-order valence-electron chi connectivity index (χ4n) is 3.85. The lowest BCUT2D eigenvalue weighted by molar-refractivity contribution is 0.0900. The summed E-state index contributed by atoms with van der Waals surface area (Å²) in [4.78, 5) is 2.43. The SMILES string of the molecule is OC(CN1CCCCc2ccccc21)C1CCCCC1. The van der Waals surface area contributed by atoms with Crippen LogP contribution in [0.4, 0.5) is 5.69 Å². The zero-order valence-electron chi connectivity index (χ0n) is 12.4. The maximum atomic E-state index is 10.6. The molecule has 2 heteroatoms. The highest BCUT2D eigenvalue weighted by atomic mass is 16.3. The predicted molar refractivity (Wildman–Crippen MR) is 84.2 cm³/mol. The van der Waals surface area contributed by atoms with E-state index >= 15 is 0 Å². The first kappa shape index (κ1) is 13.9. The Labute approximate surface area is 122 Å². The van der Waals surface area contributed by atoms with Gasteiger partial charge >= 0.3 is 0 Å². The average molecular weight is 273 g/mol. The summed E-state index contributed by atoms with van der Waals surface area (Å²) >= 11 is 0. The Hall–Kier alpha value is -1.02. The van der Waals surface area contributed by atoms with Crippen molar-refractivity contribution < 1.29 is 5.11 Å². The summed E-state index contributed by atoms with van der Waals surface area (Å²) in [5.41, 5.74) is 2.82. The average Bonchev–Trinajstić information content (AvgIpc) is 2.71. The molecule has 3 rings (SSSR count). The molecule has 0 saturated heterocycles. The molecule has 1 aliphatic heterocycles. The third-order valence-corrected chi connectivity index (χ3v) is 5.06. The van der Waals surface area contributed by atoms with E-state index < -0.39 is 0 Å². The van der Waals surface area contributed by atoms with Crippen molar-refractivity contribution in [3.63, 3.8) is 0 Å². The van der Waals surface area contributed by atoms with Gasteiger partial charge in [0.2, 0.25) is 0 Å². The largest absolute Gasteiger partial charge is 0.391 e. The number of hydrogen-bond donors (Lipinski definition) is 1. The van der Waals surface area contributed by atoms with Crippen LogP contribution in [0.1, 0.15) is 50.5 Å². The Kier molecular flexibility index (Phi) is 4.62. The van der Waals surface area contributed by atoms with Gasteiger partial charge in [0.05, 0.1) is 6.10 Å². The Bertz CT molecular complexity index is 425. The van der Waals surface area contributed by atoms with E-state index in [9.17, 15) is 5.11 Å². The molecule has 0 bridgehead atoms. The summed E-state index contributed by atoms with van der Waals surface area (Å²) in [5, 5.41) is 10.6. The molecule has 0 aromatic heterocycles. The highest BCUT2D eigenvalue weighted by molar-refractivity contribution is 5.54. The minimum Gasteiger partial charge on any atom is -0.391 e. The molecule has 1 unspecified atom stereocenters. The maximum Gasteiger partial charge on any atom is 0.0743 e. The molecule has 110 valence electrons. The monoisotopic (exact) mass is 273 g/mol. The van der Waals surface area contributed by atoms with Crippen LogP contribution in [0.5, 0.6) is 0 Å². The number of rotatable bonds is 3. The second kappa shape index (κ2) is 6.62. The summed E-state index contributed by atoms with van der Waals surface area (Å²) in [6, 6.07) is 8.75. The first-order valence-electron chi connectivity index (χ1n) is 8.35. The molecule has 0 radical (unpaired) electrons. The van der Waals surface area contributed by atoms with Crippen LogP contribution in [-0.2, 0) is 6.42 Å². The molecule has 1 N–H and O–H groups in total. The minimum atomic E-state index is -0.151. The maximum absolute atomic E-state index is 10.6. The van der Waals surface area contributed by atoms with Crippen LogP contribution >= 0.6 is 0 Å². The first-order chi connectivity index (χ1) is 9.84. The lowest BCUT2D eigenvalue weighted by Gasteiger charge is -2.32. The number of benzene rings is 1. The van der Waals surface area contributed by atoms with E-state index in [0.717, 1.165) is 13.1 Å². The van der Waals surface area contributed by atoms with Crippen LogP contribution in [0.25, 0.3) is 0 Å². The Morgan fingerprint density at radius 3 is 2.70 bits per heavy atom. The second-order valence-electron chi connectivity index (χ2n) is 6.50. The van der Waals surface area contributed by atoms with E-state index in [1.54, 1.807) is 0 Å².